The highest BCUT2D eigenvalue weighted by Crippen LogP contribution is 2.28. The normalized spacial score (nSPS) is 10.7. The van der Waals surface area contributed by atoms with Crippen LogP contribution in [-0.4, -0.2) is 21.1 Å². The molecule has 3 rings (SSSR count). The van der Waals surface area contributed by atoms with Crippen molar-refractivity contribution in [3.05, 3.63) is 40.3 Å². The van der Waals surface area contributed by atoms with Crippen LogP contribution in [0.5, 0.6) is 0 Å². The van der Waals surface area contributed by atoms with E-state index >= 15 is 0 Å². The minimum Gasteiger partial charge on any atom is -0.398 e. The summed E-state index contributed by atoms with van der Waals surface area (Å²) >= 11 is 2.86. The Labute approximate surface area is 141 Å². The monoisotopic (exact) mass is 345 g/mol. The summed E-state index contributed by atoms with van der Waals surface area (Å²) in [5.74, 6) is -0.151. The molecule has 0 spiro atoms. The Balaban J connectivity index is 1.67. The second-order valence-corrected chi connectivity index (χ2v) is 6.73. The molecule has 0 saturated heterocycles. The van der Waals surface area contributed by atoms with Crippen molar-refractivity contribution in [3.8, 4) is 10.6 Å². The van der Waals surface area contributed by atoms with E-state index in [9.17, 15) is 4.79 Å². The van der Waals surface area contributed by atoms with E-state index in [1.54, 1.807) is 0 Å². The van der Waals surface area contributed by atoms with Crippen LogP contribution >= 0.6 is 22.7 Å². The standard InChI is InChI=1S/C15H15N5OS2/c1-2-13-19-20-15(23-13)18-12(21)7-9-8-22-14(17-9)10-5-3-4-6-11(10)16/h3-6,8H,2,7,16H2,1H3,(H,18,20,21). The van der Waals surface area contributed by atoms with Gasteiger partial charge < -0.3 is 11.1 Å². The number of benzene rings is 1. The molecule has 1 aromatic carbocycles. The van der Waals surface area contributed by atoms with E-state index in [1.807, 2.05) is 36.6 Å². The third-order valence-corrected chi connectivity index (χ3v) is 5.01. The van der Waals surface area contributed by atoms with Gasteiger partial charge in [0.05, 0.1) is 12.1 Å². The number of amides is 1. The highest BCUT2D eigenvalue weighted by atomic mass is 32.1. The molecular formula is C15H15N5OS2. The molecule has 0 unspecified atom stereocenters. The number of nitrogens with two attached hydrogens (primary N) is 1. The van der Waals surface area contributed by atoms with Crippen LogP contribution in [0.3, 0.4) is 0 Å². The van der Waals surface area contributed by atoms with E-state index in [1.165, 1.54) is 22.7 Å². The zero-order valence-corrected chi connectivity index (χ0v) is 14.1. The van der Waals surface area contributed by atoms with Crippen LogP contribution in [0.25, 0.3) is 10.6 Å². The zero-order chi connectivity index (χ0) is 16.2. The number of carbonyl (C=O) groups excluding carboxylic acids is 1. The van der Waals surface area contributed by atoms with Crippen LogP contribution in [-0.2, 0) is 17.6 Å². The zero-order valence-electron chi connectivity index (χ0n) is 12.4. The summed E-state index contributed by atoms with van der Waals surface area (Å²) < 4.78 is 0. The van der Waals surface area contributed by atoms with Gasteiger partial charge in [-0.1, -0.05) is 30.4 Å². The van der Waals surface area contributed by atoms with E-state index in [0.29, 0.717) is 16.5 Å². The summed E-state index contributed by atoms with van der Waals surface area (Å²) in [6.45, 7) is 2.00. The number of nitrogen functional groups attached to an aromatic ring is 1. The van der Waals surface area contributed by atoms with Crippen molar-refractivity contribution in [2.75, 3.05) is 11.1 Å². The van der Waals surface area contributed by atoms with Gasteiger partial charge >= 0.3 is 0 Å². The Hall–Kier alpha value is -2.32. The molecule has 0 atom stereocenters. The van der Waals surface area contributed by atoms with Gasteiger partial charge in [0, 0.05) is 16.6 Å². The lowest BCUT2D eigenvalue weighted by Gasteiger charge is -2.00. The Morgan fingerprint density at radius 3 is 2.87 bits per heavy atom. The third kappa shape index (κ3) is 3.72. The number of thiazole rings is 1. The average Bonchev–Trinajstić information content (AvgIpc) is 3.17. The number of rotatable bonds is 5. The number of hydrogen-bond donors (Lipinski definition) is 2. The molecule has 118 valence electrons. The summed E-state index contributed by atoms with van der Waals surface area (Å²) in [6, 6.07) is 7.56. The number of aryl methyl sites for hydroxylation is 1. The first-order valence-corrected chi connectivity index (χ1v) is 8.77. The molecule has 1 amide bonds. The molecule has 6 nitrogen and oxygen atoms in total. The molecule has 0 radical (unpaired) electrons. The lowest BCUT2D eigenvalue weighted by atomic mass is 10.2. The Bertz CT molecular complexity index is 827. The minimum absolute atomic E-state index is 0.151. The van der Waals surface area contributed by atoms with Crippen LogP contribution in [0.2, 0.25) is 0 Å². The van der Waals surface area contributed by atoms with Gasteiger partial charge in [0.2, 0.25) is 11.0 Å². The Kier molecular flexibility index (Phi) is 4.63. The fourth-order valence-electron chi connectivity index (χ4n) is 1.98. The topological polar surface area (TPSA) is 93.8 Å². The van der Waals surface area contributed by atoms with Gasteiger partial charge in [0.1, 0.15) is 10.0 Å². The maximum atomic E-state index is 12.1. The van der Waals surface area contributed by atoms with Gasteiger partial charge in [-0.25, -0.2) is 4.98 Å². The predicted molar refractivity (Wildman–Crippen MR) is 93.6 cm³/mol. The first-order chi connectivity index (χ1) is 11.2. The first-order valence-electron chi connectivity index (χ1n) is 7.07. The molecule has 2 aromatic heterocycles. The number of hydrogen-bond acceptors (Lipinski definition) is 7. The molecule has 0 aliphatic rings. The number of nitrogens with zero attached hydrogens (tertiary/aromatic N) is 3. The van der Waals surface area contributed by atoms with Crippen LogP contribution in [0, 0.1) is 0 Å². The van der Waals surface area contributed by atoms with Gasteiger partial charge in [0.25, 0.3) is 0 Å². The summed E-state index contributed by atoms with van der Waals surface area (Å²) in [5, 5.41) is 14.8. The Morgan fingerprint density at radius 2 is 2.13 bits per heavy atom. The number of carbonyl (C=O) groups is 1. The van der Waals surface area contributed by atoms with Crippen molar-refractivity contribution < 1.29 is 4.79 Å². The minimum atomic E-state index is -0.151. The van der Waals surface area contributed by atoms with Crippen LogP contribution < -0.4 is 11.1 Å². The Morgan fingerprint density at radius 1 is 1.30 bits per heavy atom. The van der Waals surface area contributed by atoms with Crippen molar-refractivity contribution in [1.29, 1.82) is 0 Å². The molecule has 0 bridgehead atoms. The lowest BCUT2D eigenvalue weighted by Crippen LogP contribution is -2.14. The second kappa shape index (κ2) is 6.84. The second-order valence-electron chi connectivity index (χ2n) is 4.81. The summed E-state index contributed by atoms with van der Waals surface area (Å²) in [7, 11) is 0. The average molecular weight is 345 g/mol. The SMILES string of the molecule is CCc1nnc(NC(=O)Cc2csc(-c3ccccc3N)n2)s1. The largest absolute Gasteiger partial charge is 0.398 e. The number of aromatic nitrogens is 3. The molecule has 8 heteroatoms. The predicted octanol–water partition coefficient (Wildman–Crippen LogP) is 2.99. The highest BCUT2D eigenvalue weighted by molar-refractivity contribution is 7.15. The van der Waals surface area contributed by atoms with Gasteiger partial charge in [-0.15, -0.1) is 21.5 Å². The molecule has 2 heterocycles. The number of anilines is 2. The molecule has 0 aliphatic heterocycles. The molecule has 3 N–H and O–H groups in total. The van der Waals surface area contributed by atoms with Crippen molar-refractivity contribution in [2.45, 2.75) is 19.8 Å². The quantitative estimate of drug-likeness (QED) is 0.693. The van der Waals surface area contributed by atoms with Crippen molar-refractivity contribution in [1.82, 2.24) is 15.2 Å². The third-order valence-electron chi connectivity index (χ3n) is 3.10. The van der Waals surface area contributed by atoms with Crippen LogP contribution in [0.1, 0.15) is 17.6 Å². The maximum absolute atomic E-state index is 12.1. The number of nitrogens with one attached hydrogen (secondary N) is 1. The van der Waals surface area contributed by atoms with Gasteiger partial charge in [-0.3, -0.25) is 4.79 Å². The van der Waals surface area contributed by atoms with Crippen LogP contribution in [0.15, 0.2) is 29.6 Å². The summed E-state index contributed by atoms with van der Waals surface area (Å²) in [4.78, 5) is 16.5. The van der Waals surface area contributed by atoms with E-state index in [-0.39, 0.29) is 12.3 Å². The van der Waals surface area contributed by atoms with Gasteiger partial charge in [-0.05, 0) is 18.6 Å². The fraction of sp³-hybridized carbons (Fsp3) is 0.200. The van der Waals surface area contributed by atoms with Crippen molar-refractivity contribution >= 4 is 39.4 Å². The molecule has 0 saturated carbocycles. The summed E-state index contributed by atoms with van der Waals surface area (Å²) in [5.41, 5.74) is 8.24. The first kappa shape index (κ1) is 15.6. The molecular weight excluding hydrogens is 330 g/mol. The van der Waals surface area contributed by atoms with E-state index < -0.39 is 0 Å². The number of para-hydroxylation sites is 1. The van der Waals surface area contributed by atoms with E-state index in [0.717, 1.165) is 22.0 Å². The smallest absolute Gasteiger partial charge is 0.232 e. The van der Waals surface area contributed by atoms with Gasteiger partial charge in [0.15, 0.2) is 0 Å². The fourth-order valence-corrected chi connectivity index (χ4v) is 3.54. The van der Waals surface area contributed by atoms with Crippen molar-refractivity contribution in [3.63, 3.8) is 0 Å². The summed E-state index contributed by atoms with van der Waals surface area (Å²) in [6.07, 6.45) is 1.01. The van der Waals surface area contributed by atoms with Crippen LogP contribution in [0.4, 0.5) is 10.8 Å². The lowest BCUT2D eigenvalue weighted by molar-refractivity contribution is -0.115. The van der Waals surface area contributed by atoms with E-state index in [4.69, 9.17) is 5.73 Å². The van der Waals surface area contributed by atoms with E-state index in [2.05, 4.69) is 20.5 Å². The maximum Gasteiger partial charge on any atom is 0.232 e. The highest BCUT2D eigenvalue weighted by Gasteiger charge is 2.12. The molecule has 23 heavy (non-hydrogen) atoms. The van der Waals surface area contributed by atoms with Gasteiger partial charge in [-0.2, -0.15) is 0 Å². The molecule has 3 aromatic rings. The van der Waals surface area contributed by atoms with Crippen molar-refractivity contribution in [2.24, 2.45) is 0 Å². The molecule has 0 fully saturated rings. The molecule has 0 aliphatic carbocycles.